The lowest BCUT2D eigenvalue weighted by molar-refractivity contribution is 0.344. The van der Waals surface area contributed by atoms with Gasteiger partial charge in [-0.2, -0.15) is 17.4 Å². The lowest BCUT2D eigenvalue weighted by atomic mass is 9.95. The third kappa shape index (κ3) is 4.65. The molecule has 0 saturated heterocycles. The predicted octanol–water partition coefficient (Wildman–Crippen LogP) is 2.25. The molecule has 1 heterocycles. The van der Waals surface area contributed by atoms with Crippen molar-refractivity contribution in [3.05, 3.63) is 48.0 Å². The zero-order valence-electron chi connectivity index (χ0n) is 14.5. The molecular weight excluding hydrogens is 338 g/mol. The van der Waals surface area contributed by atoms with Gasteiger partial charge in [-0.05, 0) is 18.4 Å². The van der Waals surface area contributed by atoms with Crippen LogP contribution in [0.25, 0.3) is 0 Å². The van der Waals surface area contributed by atoms with Crippen molar-refractivity contribution in [3.63, 3.8) is 0 Å². The highest BCUT2D eigenvalue weighted by atomic mass is 32.2. The van der Waals surface area contributed by atoms with Gasteiger partial charge < -0.3 is 4.57 Å². The van der Waals surface area contributed by atoms with Gasteiger partial charge in [-0.15, -0.1) is 10.2 Å². The van der Waals surface area contributed by atoms with E-state index in [0.29, 0.717) is 18.4 Å². The Labute approximate surface area is 149 Å². The minimum Gasteiger partial charge on any atom is -0.313 e. The highest BCUT2D eigenvalue weighted by Gasteiger charge is 2.21. The SMILES string of the molecule is CN(Cc1ccccc1)S(=O)(=O)NCc1nncn1C1CCCCC1. The third-order valence-electron chi connectivity index (χ3n) is 4.69. The molecule has 1 aliphatic carbocycles. The molecule has 0 bridgehead atoms. The second-order valence-corrected chi connectivity index (χ2v) is 8.38. The maximum Gasteiger partial charge on any atom is 0.279 e. The zero-order chi connectivity index (χ0) is 17.7. The third-order valence-corrected chi connectivity index (χ3v) is 6.15. The summed E-state index contributed by atoms with van der Waals surface area (Å²) >= 11 is 0. The summed E-state index contributed by atoms with van der Waals surface area (Å²) in [6.45, 7) is 0.476. The summed E-state index contributed by atoms with van der Waals surface area (Å²) < 4.78 is 30.9. The van der Waals surface area contributed by atoms with Crippen molar-refractivity contribution in [1.29, 1.82) is 0 Å². The van der Waals surface area contributed by atoms with E-state index in [1.807, 2.05) is 34.9 Å². The molecule has 1 aromatic carbocycles. The van der Waals surface area contributed by atoms with E-state index in [1.54, 1.807) is 13.4 Å². The molecule has 0 aliphatic heterocycles. The lowest BCUT2D eigenvalue weighted by Gasteiger charge is -2.24. The van der Waals surface area contributed by atoms with Crippen LogP contribution in [0, 0.1) is 0 Å². The average molecular weight is 363 g/mol. The Bertz CT molecular complexity index is 769. The Hall–Kier alpha value is -1.77. The van der Waals surface area contributed by atoms with Gasteiger partial charge in [0.25, 0.3) is 10.2 Å². The summed E-state index contributed by atoms with van der Waals surface area (Å²) in [6.07, 6.45) is 7.59. The van der Waals surface area contributed by atoms with Crippen LogP contribution < -0.4 is 4.72 Å². The van der Waals surface area contributed by atoms with Crippen LogP contribution in [-0.4, -0.2) is 34.5 Å². The maximum atomic E-state index is 12.5. The van der Waals surface area contributed by atoms with Gasteiger partial charge in [0.2, 0.25) is 0 Å². The number of nitrogens with zero attached hydrogens (tertiary/aromatic N) is 4. The minimum atomic E-state index is -3.58. The van der Waals surface area contributed by atoms with Crippen molar-refractivity contribution in [1.82, 2.24) is 23.8 Å². The van der Waals surface area contributed by atoms with E-state index in [9.17, 15) is 8.42 Å². The molecule has 0 atom stereocenters. The number of rotatable bonds is 7. The Balaban J connectivity index is 1.61. The zero-order valence-corrected chi connectivity index (χ0v) is 15.3. The fraction of sp³-hybridized carbons (Fsp3) is 0.529. The van der Waals surface area contributed by atoms with Gasteiger partial charge in [-0.1, -0.05) is 49.6 Å². The van der Waals surface area contributed by atoms with Gasteiger partial charge in [-0.25, -0.2) is 0 Å². The molecule has 2 aromatic rings. The molecule has 0 radical (unpaired) electrons. The molecule has 0 unspecified atom stereocenters. The molecule has 0 amide bonds. The standard InChI is InChI=1S/C17H25N5O2S/c1-21(13-15-8-4-2-5-9-15)25(23,24)19-12-17-20-18-14-22(17)16-10-6-3-7-11-16/h2,4-5,8-9,14,16,19H,3,6-7,10-13H2,1H3. The highest BCUT2D eigenvalue weighted by Crippen LogP contribution is 2.28. The molecule has 3 rings (SSSR count). The maximum absolute atomic E-state index is 12.5. The molecule has 25 heavy (non-hydrogen) atoms. The van der Waals surface area contributed by atoms with Crippen LogP contribution in [0.1, 0.15) is 49.5 Å². The van der Waals surface area contributed by atoms with Gasteiger partial charge in [0.1, 0.15) is 12.2 Å². The van der Waals surface area contributed by atoms with Crippen LogP contribution in [0.2, 0.25) is 0 Å². The Morgan fingerprint density at radius 1 is 1.20 bits per heavy atom. The van der Waals surface area contributed by atoms with Crippen molar-refractivity contribution in [3.8, 4) is 0 Å². The molecule has 1 aromatic heterocycles. The van der Waals surface area contributed by atoms with Crippen LogP contribution in [0.5, 0.6) is 0 Å². The monoisotopic (exact) mass is 363 g/mol. The fourth-order valence-corrected chi connectivity index (χ4v) is 4.10. The van der Waals surface area contributed by atoms with Gasteiger partial charge in [0.15, 0.2) is 0 Å². The van der Waals surface area contributed by atoms with E-state index in [1.165, 1.54) is 23.6 Å². The van der Waals surface area contributed by atoms with Gasteiger partial charge in [0, 0.05) is 19.6 Å². The van der Waals surface area contributed by atoms with Crippen molar-refractivity contribution < 1.29 is 8.42 Å². The summed E-state index contributed by atoms with van der Waals surface area (Å²) in [4.78, 5) is 0. The number of hydrogen-bond acceptors (Lipinski definition) is 4. The average Bonchev–Trinajstić information content (AvgIpc) is 3.10. The topological polar surface area (TPSA) is 80.1 Å². The van der Waals surface area contributed by atoms with E-state index in [2.05, 4.69) is 14.9 Å². The molecule has 8 heteroatoms. The second-order valence-electron chi connectivity index (χ2n) is 6.51. The molecule has 1 aliphatic rings. The largest absolute Gasteiger partial charge is 0.313 e. The molecule has 0 spiro atoms. The molecule has 1 N–H and O–H groups in total. The van der Waals surface area contributed by atoms with E-state index in [4.69, 9.17) is 0 Å². The summed E-state index contributed by atoms with van der Waals surface area (Å²) in [7, 11) is -2.01. The molecule has 1 saturated carbocycles. The second kappa shape index (κ2) is 8.07. The normalized spacial score (nSPS) is 16.4. The van der Waals surface area contributed by atoms with E-state index in [-0.39, 0.29) is 6.54 Å². The summed E-state index contributed by atoms with van der Waals surface area (Å²) in [5.41, 5.74) is 0.945. The van der Waals surface area contributed by atoms with Crippen LogP contribution in [-0.2, 0) is 23.3 Å². The number of benzene rings is 1. The lowest BCUT2D eigenvalue weighted by Crippen LogP contribution is -2.38. The molecule has 7 nitrogen and oxygen atoms in total. The Kier molecular flexibility index (Phi) is 5.82. The number of nitrogens with one attached hydrogen (secondary N) is 1. The van der Waals surface area contributed by atoms with Crippen LogP contribution >= 0.6 is 0 Å². The van der Waals surface area contributed by atoms with Gasteiger partial charge in [0.05, 0.1) is 6.54 Å². The van der Waals surface area contributed by atoms with Gasteiger partial charge >= 0.3 is 0 Å². The molecular formula is C17H25N5O2S. The summed E-state index contributed by atoms with van der Waals surface area (Å²) in [6, 6.07) is 9.91. The van der Waals surface area contributed by atoms with Crippen molar-refractivity contribution in [2.75, 3.05) is 7.05 Å². The first kappa shape index (κ1) is 18.0. The first-order valence-electron chi connectivity index (χ1n) is 8.69. The summed E-state index contributed by atoms with van der Waals surface area (Å²) in [5.74, 6) is 0.670. The van der Waals surface area contributed by atoms with E-state index >= 15 is 0 Å². The minimum absolute atomic E-state index is 0.151. The van der Waals surface area contributed by atoms with Crippen molar-refractivity contribution >= 4 is 10.2 Å². The Morgan fingerprint density at radius 3 is 2.64 bits per heavy atom. The number of hydrogen-bond donors (Lipinski definition) is 1. The first-order chi connectivity index (χ1) is 12.1. The summed E-state index contributed by atoms with van der Waals surface area (Å²) in [5, 5.41) is 8.08. The fourth-order valence-electron chi connectivity index (χ4n) is 3.25. The highest BCUT2D eigenvalue weighted by molar-refractivity contribution is 7.87. The van der Waals surface area contributed by atoms with Crippen LogP contribution in [0.15, 0.2) is 36.7 Å². The number of aromatic nitrogens is 3. The quantitative estimate of drug-likeness (QED) is 0.818. The predicted molar refractivity (Wildman–Crippen MR) is 95.8 cm³/mol. The Morgan fingerprint density at radius 2 is 1.92 bits per heavy atom. The van der Waals surface area contributed by atoms with Crippen molar-refractivity contribution in [2.24, 2.45) is 0 Å². The smallest absolute Gasteiger partial charge is 0.279 e. The molecule has 136 valence electrons. The van der Waals surface area contributed by atoms with Crippen molar-refractivity contribution in [2.45, 2.75) is 51.2 Å². The van der Waals surface area contributed by atoms with E-state index < -0.39 is 10.2 Å². The molecule has 1 fully saturated rings. The first-order valence-corrected chi connectivity index (χ1v) is 10.1. The van der Waals surface area contributed by atoms with Crippen LogP contribution in [0.3, 0.4) is 0 Å². The van der Waals surface area contributed by atoms with Crippen LogP contribution in [0.4, 0.5) is 0 Å². The van der Waals surface area contributed by atoms with Gasteiger partial charge in [-0.3, -0.25) is 0 Å². The van der Waals surface area contributed by atoms with E-state index in [0.717, 1.165) is 18.4 Å².